The van der Waals surface area contributed by atoms with Crippen molar-refractivity contribution < 1.29 is 54.2 Å². The molecule has 2 heterocycles. The van der Waals surface area contributed by atoms with Gasteiger partial charge in [-0.2, -0.15) is 0 Å². The molecule has 4 aliphatic carbocycles. The molecule has 1 aromatic heterocycles. The number of amides is 1. The van der Waals surface area contributed by atoms with E-state index in [0.29, 0.717) is 18.6 Å². The summed E-state index contributed by atoms with van der Waals surface area (Å²) < 4.78 is 16.5. The van der Waals surface area contributed by atoms with Crippen molar-refractivity contribution in [2.24, 2.45) is 23.3 Å². The zero-order valence-corrected chi connectivity index (χ0v) is 32.8. The fraction of sp³-hybridized carbons (Fsp3) is 0.410. The number of halogens is 3. The normalized spacial score (nSPS) is 28.0. The number of aromatic carboxylic acids is 1. The van der Waals surface area contributed by atoms with E-state index in [0.717, 1.165) is 31.4 Å². The number of pyridine rings is 1. The average Bonchev–Trinajstić information content (AvgIpc) is 3.89. The first-order chi connectivity index (χ1) is 27.1. The van der Waals surface area contributed by atoms with Gasteiger partial charge in [0.15, 0.2) is 11.4 Å². The van der Waals surface area contributed by atoms with E-state index in [1.54, 1.807) is 9.47 Å². The third-order valence-electron chi connectivity index (χ3n) is 12.0. The fourth-order valence-corrected chi connectivity index (χ4v) is 9.85. The molecule has 16 nitrogen and oxygen atoms in total. The number of phenols is 1. The quantitative estimate of drug-likeness (QED) is 0.172. The minimum Gasteiger partial charge on any atom is -0.510 e. The Morgan fingerprint density at radius 1 is 1.05 bits per heavy atom. The number of hydrogen-bond acceptors (Lipinski definition) is 13. The highest BCUT2D eigenvalue weighted by Gasteiger charge is 2.66. The summed E-state index contributed by atoms with van der Waals surface area (Å²) in [6, 6.07) is 2.43. The van der Waals surface area contributed by atoms with Crippen LogP contribution in [0.2, 0.25) is 10.0 Å². The van der Waals surface area contributed by atoms with E-state index in [1.807, 2.05) is 0 Å². The van der Waals surface area contributed by atoms with Gasteiger partial charge in [-0.1, -0.05) is 23.2 Å². The van der Waals surface area contributed by atoms with E-state index in [4.69, 9.17) is 34.7 Å². The molecule has 0 spiro atoms. The van der Waals surface area contributed by atoms with Crippen LogP contribution in [0.15, 0.2) is 51.9 Å². The highest BCUT2D eigenvalue weighted by molar-refractivity contribution is 6.38. The van der Waals surface area contributed by atoms with Crippen molar-refractivity contribution in [1.82, 2.24) is 9.47 Å². The van der Waals surface area contributed by atoms with Crippen LogP contribution < -0.4 is 21.8 Å². The minimum absolute atomic E-state index is 0.00143. The number of anilines is 1. The third-order valence-corrected chi connectivity index (χ3v) is 12.6. The molecule has 5 aliphatic rings. The summed E-state index contributed by atoms with van der Waals surface area (Å²) in [4.78, 5) is 65.7. The van der Waals surface area contributed by atoms with Gasteiger partial charge in [0, 0.05) is 59.4 Å². The van der Waals surface area contributed by atoms with Gasteiger partial charge >= 0.3 is 5.97 Å². The van der Waals surface area contributed by atoms with Crippen molar-refractivity contribution in [1.29, 1.82) is 0 Å². The van der Waals surface area contributed by atoms with Gasteiger partial charge < -0.3 is 51.6 Å². The zero-order chi connectivity index (χ0) is 42.7. The number of aliphatic hydroxyl groups excluding tert-OH is 2. The number of carboxylic acid groups (broad SMARTS) is 1. The molecular weight excluding hydrogens is 804 g/mol. The number of carbonyl (C=O) groups excluding carboxylic acids is 3. The van der Waals surface area contributed by atoms with Crippen LogP contribution in [0.5, 0.6) is 5.75 Å². The largest absolute Gasteiger partial charge is 0.510 e. The Balaban J connectivity index is 0.000000183. The lowest BCUT2D eigenvalue weighted by Gasteiger charge is -2.52. The average molecular weight is 845 g/mol. The number of aromatic hydroxyl groups is 1. The van der Waals surface area contributed by atoms with Crippen molar-refractivity contribution in [3.05, 3.63) is 89.8 Å². The highest BCUT2D eigenvalue weighted by atomic mass is 35.5. The number of rotatable bonds is 5. The second-order valence-corrected chi connectivity index (χ2v) is 16.6. The summed E-state index contributed by atoms with van der Waals surface area (Å²) in [5, 5.41) is 64.7. The Hall–Kier alpha value is -5.04. The van der Waals surface area contributed by atoms with E-state index in [1.165, 1.54) is 38.2 Å². The van der Waals surface area contributed by atoms with E-state index in [-0.39, 0.29) is 56.3 Å². The van der Waals surface area contributed by atoms with Crippen LogP contribution in [0.1, 0.15) is 64.9 Å². The lowest BCUT2D eigenvalue weighted by Crippen LogP contribution is -2.65. The predicted molar refractivity (Wildman–Crippen MR) is 208 cm³/mol. The van der Waals surface area contributed by atoms with Crippen molar-refractivity contribution in [3.8, 4) is 5.75 Å². The topological polar surface area (TPSA) is 270 Å². The van der Waals surface area contributed by atoms with E-state index >= 15 is 0 Å². The number of aliphatic hydroxyl groups is 4. The van der Waals surface area contributed by atoms with Crippen LogP contribution in [0.4, 0.5) is 10.1 Å². The second kappa shape index (κ2) is 14.1. The van der Waals surface area contributed by atoms with Gasteiger partial charge in [0.05, 0.1) is 38.8 Å². The fourth-order valence-electron chi connectivity index (χ4n) is 9.09. The molecule has 308 valence electrons. The molecule has 2 aromatic carbocycles. The number of ketones is 2. The first kappa shape index (κ1) is 41.1. The summed E-state index contributed by atoms with van der Waals surface area (Å²) in [5.41, 5.74) is 4.25. The zero-order valence-electron chi connectivity index (χ0n) is 31.3. The number of aromatic nitrogens is 1. The standard InChI is InChI=1S/C22H23ClN2O8.C17H17ClFN3O3/c1-21(32)7-6-8-15(25(2)3)17(28)13(20(24)31)19(30)22(8,33)18(29)11(7)16(27)12-10(26)5-4-9(23)14(12)21;18-13-14-10(5-12(19)15(13)21-4-3-8(20)6-21)16(23)11(17(24)25)7-22(14)9-1-2-9/h4-5,7-8,15,26,28-29,32-33H,6H2,1-3H3,(H2,24,31);5,7-9H,1-4,6,20H2,(H,24,25)/t7-,8-,15-,21-,22-;/m0./s1. The summed E-state index contributed by atoms with van der Waals surface area (Å²) in [6.45, 7) is 2.42. The molecule has 6 atom stereocenters. The van der Waals surface area contributed by atoms with E-state index in [9.17, 15) is 59.0 Å². The third kappa shape index (κ3) is 5.97. The molecular formula is C39H40Cl2FN5O11. The number of benzene rings is 2. The predicted octanol–water partition coefficient (Wildman–Crippen LogP) is 2.80. The number of carboxylic acids is 1. The van der Waals surface area contributed by atoms with Crippen LogP contribution in [0, 0.1) is 17.7 Å². The minimum atomic E-state index is -2.78. The van der Waals surface area contributed by atoms with Gasteiger partial charge in [-0.25, -0.2) is 9.18 Å². The first-order valence-electron chi connectivity index (χ1n) is 18.3. The second-order valence-electron chi connectivity index (χ2n) is 15.8. The molecule has 8 rings (SSSR count). The Bertz CT molecular complexity index is 2500. The number of likely N-dealkylation sites (N-methyl/N-ethyl adjacent to an activating group) is 1. The molecule has 0 bridgehead atoms. The molecule has 19 heteroatoms. The Kier molecular flexibility index (Phi) is 9.97. The molecule has 3 aromatic rings. The molecule has 0 radical (unpaired) electrons. The molecule has 1 amide bonds. The number of primary amides is 1. The highest BCUT2D eigenvalue weighted by Crippen LogP contribution is 2.57. The molecule has 1 saturated carbocycles. The van der Waals surface area contributed by atoms with Crippen molar-refractivity contribution in [2.45, 2.75) is 61.9 Å². The number of Topliss-reactive ketones (excluding diaryl/α,β-unsaturated/α-hetero) is 2. The SMILES string of the molecule is CN(C)[C@@H]1C(O)=C(C(N)=O)C(=O)[C@@]2(O)C(O)=C3C(=O)c4c(O)ccc(Cl)c4[C@@](C)(O)[C@H]3C[C@@H]12.NC1CCN(c2c(F)cc3c(=O)c(C(=O)O)cn(C4CC4)c3c2Cl)C1. The van der Waals surface area contributed by atoms with Crippen LogP contribution >= 0.6 is 23.2 Å². The van der Waals surface area contributed by atoms with Gasteiger partial charge in [-0.15, -0.1) is 0 Å². The molecule has 10 N–H and O–H groups in total. The Morgan fingerprint density at radius 2 is 1.71 bits per heavy atom. The summed E-state index contributed by atoms with van der Waals surface area (Å²) in [5.74, 6) is -10.2. The van der Waals surface area contributed by atoms with Gasteiger partial charge in [0.25, 0.3) is 5.91 Å². The molecule has 1 unspecified atom stereocenters. The van der Waals surface area contributed by atoms with Crippen molar-refractivity contribution in [3.63, 3.8) is 0 Å². The van der Waals surface area contributed by atoms with Crippen LogP contribution in [0.3, 0.4) is 0 Å². The van der Waals surface area contributed by atoms with E-state index in [2.05, 4.69) is 0 Å². The number of phenolic OH excluding ortho intramolecular Hbond substituents is 1. The van der Waals surface area contributed by atoms with Crippen LogP contribution in [0.25, 0.3) is 10.9 Å². The number of carbonyl (C=O) groups is 4. The first-order valence-corrected chi connectivity index (χ1v) is 19.0. The monoisotopic (exact) mass is 843 g/mol. The molecule has 1 aliphatic heterocycles. The summed E-state index contributed by atoms with van der Waals surface area (Å²) >= 11 is 12.8. The number of nitrogens with zero attached hydrogens (tertiary/aromatic N) is 3. The summed E-state index contributed by atoms with van der Waals surface area (Å²) in [6.07, 6.45) is 3.54. The molecule has 1 saturated heterocycles. The number of nitrogens with two attached hydrogens (primary N) is 2. The number of fused-ring (bicyclic) bond motifs is 4. The Labute approximate surface area is 339 Å². The lowest BCUT2D eigenvalue weighted by atomic mass is 9.55. The van der Waals surface area contributed by atoms with E-state index < -0.39 is 92.2 Å². The molecule has 58 heavy (non-hydrogen) atoms. The molecule has 2 fully saturated rings. The maximum absolute atomic E-state index is 14.8. The van der Waals surface area contributed by atoms with Gasteiger partial charge in [-0.3, -0.25) is 24.1 Å². The van der Waals surface area contributed by atoms with Gasteiger partial charge in [0.1, 0.15) is 34.2 Å². The van der Waals surface area contributed by atoms with Crippen LogP contribution in [-0.2, 0) is 15.2 Å². The van der Waals surface area contributed by atoms with Crippen LogP contribution in [-0.4, -0.2) is 108 Å². The summed E-state index contributed by atoms with van der Waals surface area (Å²) in [7, 11) is 3.03. The van der Waals surface area contributed by atoms with Gasteiger partial charge in [0.2, 0.25) is 11.2 Å². The smallest absolute Gasteiger partial charge is 0.341 e. The Morgan fingerprint density at radius 3 is 2.26 bits per heavy atom. The van der Waals surface area contributed by atoms with Gasteiger partial charge in [-0.05, 0) is 64.9 Å². The lowest BCUT2D eigenvalue weighted by molar-refractivity contribution is -0.151. The van der Waals surface area contributed by atoms with Crippen molar-refractivity contribution in [2.75, 3.05) is 32.1 Å². The maximum atomic E-state index is 14.8. The maximum Gasteiger partial charge on any atom is 0.341 e. The van der Waals surface area contributed by atoms with Crippen molar-refractivity contribution >= 4 is 63.2 Å². The number of hydrogen-bond donors (Lipinski definition) is 8.